The molecule has 0 saturated carbocycles. The van der Waals surface area contributed by atoms with E-state index in [4.69, 9.17) is 0 Å². The molecule has 2 aromatic carbocycles. The standard InChI is InChI=1S/C13H12O2S/c1-16-11-6-7-13(15)12(8-11)9-2-4-10(14)5-3-9/h2-8,14-15H,1H3. The van der Waals surface area contributed by atoms with E-state index in [2.05, 4.69) is 0 Å². The summed E-state index contributed by atoms with van der Waals surface area (Å²) in [6, 6.07) is 12.3. The third kappa shape index (κ3) is 2.14. The molecule has 0 aliphatic rings. The molecule has 0 spiro atoms. The van der Waals surface area contributed by atoms with Crippen molar-refractivity contribution in [1.29, 1.82) is 0 Å². The van der Waals surface area contributed by atoms with Gasteiger partial charge in [-0.1, -0.05) is 12.1 Å². The van der Waals surface area contributed by atoms with Crippen molar-refractivity contribution in [3.8, 4) is 22.6 Å². The van der Waals surface area contributed by atoms with E-state index in [1.165, 1.54) is 0 Å². The maximum absolute atomic E-state index is 9.78. The number of hydrogen-bond donors (Lipinski definition) is 2. The zero-order chi connectivity index (χ0) is 11.5. The van der Waals surface area contributed by atoms with Gasteiger partial charge in [-0.05, 0) is 42.2 Å². The van der Waals surface area contributed by atoms with Gasteiger partial charge in [0.1, 0.15) is 11.5 Å². The Kier molecular flexibility index (Phi) is 3.06. The number of thioether (sulfide) groups is 1. The Bertz CT molecular complexity index is 492. The second-order valence-corrected chi connectivity index (χ2v) is 4.31. The van der Waals surface area contributed by atoms with Crippen molar-refractivity contribution < 1.29 is 10.2 Å². The molecule has 82 valence electrons. The van der Waals surface area contributed by atoms with Crippen LogP contribution in [0.25, 0.3) is 11.1 Å². The highest BCUT2D eigenvalue weighted by Gasteiger charge is 2.05. The van der Waals surface area contributed by atoms with Crippen LogP contribution in [-0.4, -0.2) is 16.5 Å². The fraction of sp³-hybridized carbons (Fsp3) is 0.0769. The van der Waals surface area contributed by atoms with Crippen LogP contribution in [0, 0.1) is 0 Å². The van der Waals surface area contributed by atoms with Gasteiger partial charge in [0, 0.05) is 10.5 Å². The number of phenols is 2. The number of hydrogen-bond acceptors (Lipinski definition) is 3. The maximum Gasteiger partial charge on any atom is 0.123 e. The van der Waals surface area contributed by atoms with Gasteiger partial charge in [-0.15, -0.1) is 11.8 Å². The molecule has 2 N–H and O–H groups in total. The van der Waals surface area contributed by atoms with Crippen molar-refractivity contribution >= 4 is 11.8 Å². The molecule has 0 unspecified atom stereocenters. The molecule has 0 aromatic heterocycles. The van der Waals surface area contributed by atoms with E-state index < -0.39 is 0 Å². The van der Waals surface area contributed by atoms with E-state index in [9.17, 15) is 10.2 Å². The van der Waals surface area contributed by atoms with E-state index in [0.29, 0.717) is 0 Å². The fourth-order valence-electron chi connectivity index (χ4n) is 1.51. The van der Waals surface area contributed by atoms with Crippen molar-refractivity contribution in [3.63, 3.8) is 0 Å². The Morgan fingerprint density at radius 3 is 2.25 bits per heavy atom. The molecule has 0 aliphatic carbocycles. The maximum atomic E-state index is 9.78. The highest BCUT2D eigenvalue weighted by Crippen LogP contribution is 2.33. The smallest absolute Gasteiger partial charge is 0.123 e. The van der Waals surface area contributed by atoms with Gasteiger partial charge < -0.3 is 10.2 Å². The van der Waals surface area contributed by atoms with Gasteiger partial charge in [0.05, 0.1) is 0 Å². The van der Waals surface area contributed by atoms with Crippen LogP contribution in [0.4, 0.5) is 0 Å². The summed E-state index contributed by atoms with van der Waals surface area (Å²) in [5, 5.41) is 19.0. The van der Waals surface area contributed by atoms with Crippen LogP contribution in [0.2, 0.25) is 0 Å². The van der Waals surface area contributed by atoms with Crippen molar-refractivity contribution in [2.75, 3.05) is 6.26 Å². The van der Waals surface area contributed by atoms with Gasteiger partial charge in [0.15, 0.2) is 0 Å². The second-order valence-electron chi connectivity index (χ2n) is 3.43. The molecule has 2 nitrogen and oxygen atoms in total. The average Bonchev–Trinajstić information content (AvgIpc) is 2.31. The van der Waals surface area contributed by atoms with Gasteiger partial charge >= 0.3 is 0 Å². The number of rotatable bonds is 2. The molecular formula is C13H12O2S. The van der Waals surface area contributed by atoms with Gasteiger partial charge in [-0.2, -0.15) is 0 Å². The molecule has 0 fully saturated rings. The Hall–Kier alpha value is -1.61. The molecule has 3 heteroatoms. The topological polar surface area (TPSA) is 40.5 Å². The summed E-state index contributed by atoms with van der Waals surface area (Å²) in [6.07, 6.45) is 1.99. The highest BCUT2D eigenvalue weighted by atomic mass is 32.2. The summed E-state index contributed by atoms with van der Waals surface area (Å²) in [7, 11) is 0. The van der Waals surface area contributed by atoms with E-state index in [0.717, 1.165) is 16.0 Å². The summed E-state index contributed by atoms with van der Waals surface area (Å²) in [5.41, 5.74) is 1.68. The van der Waals surface area contributed by atoms with E-state index >= 15 is 0 Å². The summed E-state index contributed by atoms with van der Waals surface area (Å²) >= 11 is 1.63. The first-order chi connectivity index (χ1) is 7.70. The SMILES string of the molecule is CSc1ccc(O)c(-c2ccc(O)cc2)c1. The van der Waals surface area contributed by atoms with Crippen LogP contribution in [-0.2, 0) is 0 Å². The monoisotopic (exact) mass is 232 g/mol. The predicted octanol–water partition coefficient (Wildman–Crippen LogP) is 3.49. The number of aromatic hydroxyl groups is 2. The van der Waals surface area contributed by atoms with Gasteiger partial charge in [0.25, 0.3) is 0 Å². The predicted molar refractivity (Wildman–Crippen MR) is 67.0 cm³/mol. The van der Waals surface area contributed by atoms with Crippen LogP contribution in [0.5, 0.6) is 11.5 Å². The van der Waals surface area contributed by atoms with Crippen LogP contribution in [0.1, 0.15) is 0 Å². The van der Waals surface area contributed by atoms with Crippen LogP contribution < -0.4 is 0 Å². The Labute approximate surface area is 98.6 Å². The lowest BCUT2D eigenvalue weighted by Gasteiger charge is -2.06. The lowest BCUT2D eigenvalue weighted by Crippen LogP contribution is -1.80. The lowest BCUT2D eigenvalue weighted by molar-refractivity contribution is 0.474. The zero-order valence-electron chi connectivity index (χ0n) is 8.84. The molecule has 0 saturated heterocycles. The molecule has 0 aliphatic heterocycles. The van der Waals surface area contributed by atoms with Crippen LogP contribution >= 0.6 is 11.8 Å². The average molecular weight is 232 g/mol. The third-order valence-electron chi connectivity index (χ3n) is 2.38. The second kappa shape index (κ2) is 4.49. The Morgan fingerprint density at radius 1 is 0.938 bits per heavy atom. The van der Waals surface area contributed by atoms with Crippen LogP contribution in [0.3, 0.4) is 0 Å². The normalized spacial score (nSPS) is 10.3. The quantitative estimate of drug-likeness (QED) is 0.779. The van der Waals surface area contributed by atoms with Crippen molar-refractivity contribution in [3.05, 3.63) is 42.5 Å². The Morgan fingerprint density at radius 2 is 1.62 bits per heavy atom. The van der Waals surface area contributed by atoms with Crippen molar-refractivity contribution in [1.82, 2.24) is 0 Å². The lowest BCUT2D eigenvalue weighted by atomic mass is 10.0. The molecule has 16 heavy (non-hydrogen) atoms. The zero-order valence-corrected chi connectivity index (χ0v) is 9.66. The summed E-state index contributed by atoms with van der Waals surface area (Å²) in [4.78, 5) is 1.10. The molecule has 0 atom stereocenters. The van der Waals surface area contributed by atoms with E-state index in [1.54, 1.807) is 42.1 Å². The first-order valence-electron chi connectivity index (χ1n) is 4.87. The Balaban J connectivity index is 2.50. The van der Waals surface area contributed by atoms with Crippen LogP contribution in [0.15, 0.2) is 47.4 Å². The van der Waals surface area contributed by atoms with Gasteiger partial charge in [-0.3, -0.25) is 0 Å². The molecule has 2 aromatic rings. The summed E-state index contributed by atoms with van der Waals surface area (Å²) in [5.74, 6) is 0.479. The first-order valence-corrected chi connectivity index (χ1v) is 6.09. The first kappa shape index (κ1) is 10.9. The number of benzene rings is 2. The van der Waals surface area contributed by atoms with Gasteiger partial charge in [0.2, 0.25) is 0 Å². The minimum atomic E-state index is 0.226. The molecule has 2 rings (SSSR count). The summed E-state index contributed by atoms with van der Waals surface area (Å²) in [6.45, 7) is 0. The van der Waals surface area contributed by atoms with E-state index in [-0.39, 0.29) is 11.5 Å². The van der Waals surface area contributed by atoms with Gasteiger partial charge in [-0.25, -0.2) is 0 Å². The molecule has 0 radical (unpaired) electrons. The number of phenolic OH excluding ortho intramolecular Hbond substituents is 2. The van der Waals surface area contributed by atoms with Crippen molar-refractivity contribution in [2.24, 2.45) is 0 Å². The minimum Gasteiger partial charge on any atom is -0.508 e. The molecule has 0 bridgehead atoms. The van der Waals surface area contributed by atoms with E-state index in [1.807, 2.05) is 18.4 Å². The molecule has 0 amide bonds. The molecule has 0 heterocycles. The summed E-state index contributed by atoms with van der Waals surface area (Å²) < 4.78 is 0. The fourth-order valence-corrected chi connectivity index (χ4v) is 1.95. The molecular weight excluding hydrogens is 220 g/mol. The minimum absolute atomic E-state index is 0.226. The van der Waals surface area contributed by atoms with Crippen molar-refractivity contribution in [2.45, 2.75) is 4.90 Å². The highest BCUT2D eigenvalue weighted by molar-refractivity contribution is 7.98. The third-order valence-corrected chi connectivity index (χ3v) is 3.11. The largest absolute Gasteiger partial charge is 0.508 e.